The van der Waals surface area contributed by atoms with Gasteiger partial charge in [0.15, 0.2) is 0 Å². The summed E-state index contributed by atoms with van der Waals surface area (Å²) in [6.07, 6.45) is 0.825. The highest BCUT2D eigenvalue weighted by Gasteiger charge is 2.42. The summed E-state index contributed by atoms with van der Waals surface area (Å²) in [7, 11) is 0. The lowest BCUT2D eigenvalue weighted by Crippen LogP contribution is -2.35. The third-order valence-electron chi connectivity index (χ3n) is 3.77. The van der Waals surface area contributed by atoms with Gasteiger partial charge >= 0.3 is 0 Å². The van der Waals surface area contributed by atoms with Crippen LogP contribution in [-0.2, 0) is 4.79 Å². The van der Waals surface area contributed by atoms with Crippen molar-refractivity contribution in [2.24, 2.45) is 0 Å². The number of benzene rings is 1. The van der Waals surface area contributed by atoms with Crippen molar-refractivity contribution in [1.29, 1.82) is 0 Å². The van der Waals surface area contributed by atoms with E-state index < -0.39 is 36.7 Å². The number of nitrogens with zero attached hydrogens (tertiary/aromatic N) is 2. The van der Waals surface area contributed by atoms with E-state index in [1.165, 1.54) is 16.9 Å². The van der Waals surface area contributed by atoms with Crippen LogP contribution >= 0.6 is 12.4 Å². The Bertz CT molecular complexity index is 750. The maximum Gasteiger partial charge on any atom is 0.262 e. The second-order valence-electron chi connectivity index (χ2n) is 5.49. The van der Waals surface area contributed by atoms with Gasteiger partial charge in [-0.15, -0.1) is 12.4 Å². The highest BCUT2D eigenvalue weighted by Crippen LogP contribution is 2.26. The quantitative estimate of drug-likeness (QED) is 0.884. The minimum absolute atomic E-state index is 0. The van der Waals surface area contributed by atoms with Crippen molar-refractivity contribution in [2.45, 2.75) is 25.3 Å². The molecule has 0 spiro atoms. The topological polar surface area (TPSA) is 59.0 Å². The van der Waals surface area contributed by atoms with E-state index in [4.69, 9.17) is 0 Å². The molecule has 0 bridgehead atoms. The average Bonchev–Trinajstić information content (AvgIpc) is 3.03. The van der Waals surface area contributed by atoms with Crippen molar-refractivity contribution >= 4 is 24.0 Å². The van der Waals surface area contributed by atoms with Gasteiger partial charge in [0.05, 0.1) is 30.2 Å². The number of nitrogens with one attached hydrogen (secondary N) is 2. The molecule has 1 aromatic heterocycles. The normalized spacial score (nSPS) is 18.9. The van der Waals surface area contributed by atoms with Crippen LogP contribution < -0.4 is 10.6 Å². The number of para-hydroxylation sites is 1. The van der Waals surface area contributed by atoms with Crippen LogP contribution in [0.25, 0.3) is 5.69 Å². The SMILES string of the molecule is Cc1c(NC(=O)C2CC(F)(F)CN2)cnn1-c1ccccc1F.Cl. The Morgan fingerprint density at radius 2 is 2.12 bits per heavy atom. The number of hydrogen-bond acceptors (Lipinski definition) is 3. The molecule has 5 nitrogen and oxygen atoms in total. The fraction of sp³-hybridized carbons (Fsp3) is 0.333. The van der Waals surface area contributed by atoms with Crippen molar-refractivity contribution in [3.05, 3.63) is 42.0 Å². The molecule has 3 rings (SSSR count). The first-order valence-electron chi connectivity index (χ1n) is 7.09. The molecule has 1 aliphatic heterocycles. The third kappa shape index (κ3) is 3.54. The molecule has 2 N–H and O–H groups in total. The van der Waals surface area contributed by atoms with Gasteiger partial charge in [-0.1, -0.05) is 12.1 Å². The zero-order valence-corrected chi connectivity index (χ0v) is 13.5. The molecule has 1 amide bonds. The van der Waals surface area contributed by atoms with E-state index in [1.54, 1.807) is 25.1 Å². The van der Waals surface area contributed by atoms with Gasteiger partial charge in [0, 0.05) is 6.42 Å². The van der Waals surface area contributed by atoms with Crippen LogP contribution in [0.5, 0.6) is 0 Å². The zero-order valence-electron chi connectivity index (χ0n) is 12.7. The Labute approximate surface area is 142 Å². The Kier molecular flexibility index (Phi) is 5.19. The summed E-state index contributed by atoms with van der Waals surface area (Å²) >= 11 is 0. The number of rotatable bonds is 3. The van der Waals surface area contributed by atoms with Crippen LogP contribution in [0.3, 0.4) is 0 Å². The molecule has 0 radical (unpaired) electrons. The highest BCUT2D eigenvalue weighted by atomic mass is 35.5. The smallest absolute Gasteiger partial charge is 0.262 e. The second-order valence-corrected chi connectivity index (χ2v) is 5.49. The van der Waals surface area contributed by atoms with Crippen LogP contribution in [0.4, 0.5) is 18.9 Å². The molecule has 130 valence electrons. The minimum atomic E-state index is -2.88. The van der Waals surface area contributed by atoms with E-state index in [0.717, 1.165) is 0 Å². The second kappa shape index (κ2) is 6.82. The molecule has 1 aromatic carbocycles. The van der Waals surface area contributed by atoms with Crippen molar-refractivity contribution in [3.8, 4) is 5.69 Å². The molecule has 24 heavy (non-hydrogen) atoms. The lowest BCUT2D eigenvalue weighted by Gasteiger charge is -2.11. The minimum Gasteiger partial charge on any atom is -0.322 e. The van der Waals surface area contributed by atoms with E-state index in [-0.39, 0.29) is 18.1 Å². The van der Waals surface area contributed by atoms with E-state index in [1.807, 2.05) is 0 Å². The van der Waals surface area contributed by atoms with Gasteiger partial charge in [0.25, 0.3) is 5.92 Å². The molecular weight excluding hydrogens is 345 g/mol. The molecule has 0 aliphatic carbocycles. The third-order valence-corrected chi connectivity index (χ3v) is 3.77. The predicted octanol–water partition coefficient (Wildman–Crippen LogP) is 2.68. The van der Waals surface area contributed by atoms with Crippen molar-refractivity contribution < 1.29 is 18.0 Å². The number of hydrogen-bond donors (Lipinski definition) is 2. The number of halogens is 4. The Morgan fingerprint density at radius 3 is 2.75 bits per heavy atom. The maximum absolute atomic E-state index is 13.8. The monoisotopic (exact) mass is 360 g/mol. The van der Waals surface area contributed by atoms with Crippen LogP contribution in [0, 0.1) is 12.7 Å². The number of amides is 1. The first-order valence-corrected chi connectivity index (χ1v) is 7.09. The Balaban J connectivity index is 0.00000208. The number of carbonyl (C=O) groups excluding carboxylic acids is 1. The molecular formula is C15H16ClF3N4O. The lowest BCUT2D eigenvalue weighted by molar-refractivity contribution is -0.118. The van der Waals surface area contributed by atoms with Gasteiger partial charge in [0.1, 0.15) is 11.5 Å². The summed E-state index contributed by atoms with van der Waals surface area (Å²) in [6.45, 7) is 1.14. The van der Waals surface area contributed by atoms with Gasteiger partial charge < -0.3 is 5.32 Å². The predicted molar refractivity (Wildman–Crippen MR) is 85.5 cm³/mol. The summed E-state index contributed by atoms with van der Waals surface area (Å²) < 4.78 is 41.4. The van der Waals surface area contributed by atoms with Gasteiger partial charge in [-0.05, 0) is 19.1 Å². The molecule has 1 aliphatic rings. The fourth-order valence-electron chi connectivity index (χ4n) is 2.52. The largest absolute Gasteiger partial charge is 0.322 e. The standard InChI is InChI=1S/C15H15F3N4O.ClH/c1-9-12(21-14(23)11-6-15(17,18)8-19-11)7-20-22(9)13-5-3-2-4-10(13)16;/h2-5,7,11,19H,6,8H2,1H3,(H,21,23);1H. The molecule has 0 saturated carbocycles. The number of carbonyl (C=O) groups is 1. The first-order chi connectivity index (χ1) is 10.9. The Hall–Kier alpha value is -2.06. The van der Waals surface area contributed by atoms with Crippen LogP contribution in [0.1, 0.15) is 12.1 Å². The van der Waals surface area contributed by atoms with E-state index >= 15 is 0 Å². The van der Waals surface area contributed by atoms with Gasteiger partial charge in [-0.3, -0.25) is 10.1 Å². The van der Waals surface area contributed by atoms with Crippen molar-refractivity contribution in [2.75, 3.05) is 11.9 Å². The zero-order chi connectivity index (χ0) is 16.6. The summed E-state index contributed by atoms with van der Waals surface area (Å²) in [5, 5.41) is 9.09. The molecule has 1 saturated heterocycles. The number of alkyl halides is 2. The molecule has 2 aromatic rings. The van der Waals surface area contributed by atoms with Gasteiger partial charge in [0.2, 0.25) is 5.91 Å². The Morgan fingerprint density at radius 1 is 1.42 bits per heavy atom. The van der Waals surface area contributed by atoms with E-state index in [9.17, 15) is 18.0 Å². The van der Waals surface area contributed by atoms with Crippen molar-refractivity contribution in [3.63, 3.8) is 0 Å². The molecule has 1 unspecified atom stereocenters. The average molecular weight is 361 g/mol. The van der Waals surface area contributed by atoms with Crippen LogP contribution in [0.2, 0.25) is 0 Å². The summed E-state index contributed by atoms with van der Waals surface area (Å²) in [5.41, 5.74) is 1.11. The maximum atomic E-state index is 13.8. The number of anilines is 1. The highest BCUT2D eigenvalue weighted by molar-refractivity contribution is 5.95. The molecule has 2 heterocycles. The van der Waals surface area contributed by atoms with Crippen molar-refractivity contribution in [1.82, 2.24) is 15.1 Å². The van der Waals surface area contributed by atoms with Crippen LogP contribution in [-0.4, -0.2) is 34.2 Å². The summed E-state index contributed by atoms with van der Waals surface area (Å²) in [6, 6.07) is 5.13. The van der Waals surface area contributed by atoms with E-state index in [2.05, 4.69) is 15.7 Å². The summed E-state index contributed by atoms with van der Waals surface area (Å²) in [5.74, 6) is -3.89. The van der Waals surface area contributed by atoms with Crippen LogP contribution in [0.15, 0.2) is 30.5 Å². The van der Waals surface area contributed by atoms with Gasteiger partial charge in [-0.2, -0.15) is 5.10 Å². The molecule has 1 atom stereocenters. The molecule has 1 fully saturated rings. The lowest BCUT2D eigenvalue weighted by atomic mass is 10.2. The summed E-state index contributed by atoms with van der Waals surface area (Å²) in [4.78, 5) is 12.0. The fourth-order valence-corrected chi connectivity index (χ4v) is 2.52. The first kappa shape index (κ1) is 18.3. The van der Waals surface area contributed by atoms with E-state index in [0.29, 0.717) is 11.4 Å². The number of aromatic nitrogens is 2. The molecule has 9 heteroatoms. The van der Waals surface area contributed by atoms with Gasteiger partial charge in [-0.25, -0.2) is 17.9 Å².